The Morgan fingerprint density at radius 2 is 2.00 bits per heavy atom. The van der Waals surface area contributed by atoms with E-state index in [0.717, 1.165) is 18.5 Å². The van der Waals surface area contributed by atoms with Crippen molar-refractivity contribution in [3.63, 3.8) is 0 Å². The third-order valence-electron chi connectivity index (χ3n) is 4.01. The number of rotatable bonds is 5. The molecule has 0 heterocycles. The Labute approximate surface area is 110 Å². The van der Waals surface area contributed by atoms with Gasteiger partial charge in [0.25, 0.3) is 0 Å². The molecular formula is C16H24FN. The number of nitrogens with one attached hydrogen (secondary N) is 1. The van der Waals surface area contributed by atoms with Crippen LogP contribution in [-0.4, -0.2) is 12.6 Å². The highest BCUT2D eigenvalue weighted by atomic mass is 19.1. The van der Waals surface area contributed by atoms with E-state index in [1.165, 1.54) is 32.1 Å². The lowest BCUT2D eigenvalue weighted by Crippen LogP contribution is -2.40. The van der Waals surface area contributed by atoms with E-state index in [1.807, 2.05) is 12.1 Å². The Balaban J connectivity index is 1.98. The fraction of sp³-hybridized carbons (Fsp3) is 0.625. The van der Waals surface area contributed by atoms with E-state index < -0.39 is 0 Å². The Hall–Kier alpha value is -0.890. The highest BCUT2D eigenvalue weighted by Gasteiger charge is 2.25. The number of benzene rings is 1. The molecule has 0 aliphatic heterocycles. The van der Waals surface area contributed by atoms with Crippen molar-refractivity contribution in [1.29, 1.82) is 0 Å². The van der Waals surface area contributed by atoms with Gasteiger partial charge in [0, 0.05) is 6.04 Å². The van der Waals surface area contributed by atoms with Crippen molar-refractivity contribution in [2.24, 2.45) is 5.92 Å². The Morgan fingerprint density at radius 3 is 2.78 bits per heavy atom. The summed E-state index contributed by atoms with van der Waals surface area (Å²) in [5.74, 6) is 0.555. The van der Waals surface area contributed by atoms with Gasteiger partial charge in [0.05, 0.1) is 0 Å². The van der Waals surface area contributed by atoms with Crippen molar-refractivity contribution in [3.05, 3.63) is 35.6 Å². The summed E-state index contributed by atoms with van der Waals surface area (Å²) < 4.78 is 13.7. The third-order valence-corrected chi connectivity index (χ3v) is 4.01. The monoisotopic (exact) mass is 249 g/mol. The van der Waals surface area contributed by atoms with Crippen molar-refractivity contribution < 1.29 is 4.39 Å². The van der Waals surface area contributed by atoms with Gasteiger partial charge in [0.2, 0.25) is 0 Å². The number of hydrogen-bond acceptors (Lipinski definition) is 1. The Bertz CT molecular complexity index is 364. The molecule has 0 spiro atoms. The molecule has 2 heteroatoms. The molecule has 1 aromatic rings. The molecule has 2 atom stereocenters. The first-order valence-corrected chi connectivity index (χ1v) is 7.28. The van der Waals surface area contributed by atoms with Crippen LogP contribution < -0.4 is 5.32 Å². The first-order chi connectivity index (χ1) is 8.81. The summed E-state index contributed by atoms with van der Waals surface area (Å²) >= 11 is 0. The zero-order valence-corrected chi connectivity index (χ0v) is 11.3. The molecule has 0 bridgehead atoms. The van der Waals surface area contributed by atoms with Crippen LogP contribution in [0.5, 0.6) is 0 Å². The average molecular weight is 249 g/mol. The number of hydrogen-bond donors (Lipinski definition) is 1. The summed E-state index contributed by atoms with van der Waals surface area (Å²) in [4.78, 5) is 0. The fourth-order valence-electron chi connectivity index (χ4n) is 3.00. The molecule has 18 heavy (non-hydrogen) atoms. The molecular weight excluding hydrogens is 225 g/mol. The van der Waals surface area contributed by atoms with Crippen LogP contribution in [-0.2, 0) is 6.42 Å². The van der Waals surface area contributed by atoms with Gasteiger partial charge in [0.1, 0.15) is 5.82 Å². The lowest BCUT2D eigenvalue weighted by atomic mass is 9.80. The topological polar surface area (TPSA) is 12.0 Å². The van der Waals surface area contributed by atoms with Crippen LogP contribution in [0.25, 0.3) is 0 Å². The molecule has 0 amide bonds. The number of halogens is 1. The van der Waals surface area contributed by atoms with Gasteiger partial charge in [-0.3, -0.25) is 0 Å². The first-order valence-electron chi connectivity index (χ1n) is 7.28. The second-order valence-electron chi connectivity index (χ2n) is 5.40. The summed E-state index contributed by atoms with van der Waals surface area (Å²) in [6.07, 6.45) is 7.14. The lowest BCUT2D eigenvalue weighted by Gasteiger charge is -2.32. The second kappa shape index (κ2) is 6.89. The maximum absolute atomic E-state index is 13.7. The van der Waals surface area contributed by atoms with Crippen LogP contribution in [0.2, 0.25) is 0 Å². The van der Waals surface area contributed by atoms with Crippen molar-refractivity contribution in [2.75, 3.05) is 6.54 Å². The molecule has 2 unspecified atom stereocenters. The normalized spacial score (nSPS) is 24.1. The minimum absolute atomic E-state index is 0.0442. The molecule has 2 rings (SSSR count). The van der Waals surface area contributed by atoms with Gasteiger partial charge in [-0.25, -0.2) is 4.39 Å². The van der Waals surface area contributed by atoms with Gasteiger partial charge in [-0.2, -0.15) is 0 Å². The predicted octanol–water partition coefficient (Wildman–Crippen LogP) is 3.93. The molecule has 0 saturated heterocycles. The largest absolute Gasteiger partial charge is 0.314 e. The highest BCUT2D eigenvalue weighted by Crippen LogP contribution is 2.28. The second-order valence-corrected chi connectivity index (χ2v) is 5.40. The molecule has 1 saturated carbocycles. The van der Waals surface area contributed by atoms with Crippen molar-refractivity contribution in [1.82, 2.24) is 5.32 Å². The fourth-order valence-corrected chi connectivity index (χ4v) is 3.00. The van der Waals surface area contributed by atoms with Gasteiger partial charge >= 0.3 is 0 Å². The zero-order valence-electron chi connectivity index (χ0n) is 11.3. The van der Waals surface area contributed by atoms with Gasteiger partial charge < -0.3 is 5.32 Å². The van der Waals surface area contributed by atoms with Crippen molar-refractivity contribution in [3.8, 4) is 0 Å². The molecule has 1 fully saturated rings. The van der Waals surface area contributed by atoms with E-state index in [-0.39, 0.29) is 5.82 Å². The van der Waals surface area contributed by atoms with Crippen LogP contribution in [0.4, 0.5) is 4.39 Å². The highest BCUT2D eigenvalue weighted by molar-refractivity contribution is 5.18. The molecule has 1 aliphatic rings. The smallest absolute Gasteiger partial charge is 0.126 e. The molecule has 100 valence electrons. The van der Waals surface area contributed by atoms with E-state index in [2.05, 4.69) is 12.2 Å². The Morgan fingerprint density at radius 1 is 1.22 bits per heavy atom. The SMILES string of the molecule is CCCNC1CCCCC1Cc1ccccc1F. The molecule has 1 aliphatic carbocycles. The van der Waals surface area contributed by atoms with Crippen LogP contribution in [0, 0.1) is 11.7 Å². The molecule has 1 aromatic carbocycles. The van der Waals surface area contributed by atoms with Gasteiger partial charge in [-0.15, -0.1) is 0 Å². The van der Waals surface area contributed by atoms with E-state index >= 15 is 0 Å². The Kier molecular flexibility index (Phi) is 5.18. The average Bonchev–Trinajstić information content (AvgIpc) is 2.40. The van der Waals surface area contributed by atoms with Gasteiger partial charge in [0.15, 0.2) is 0 Å². The predicted molar refractivity (Wildman–Crippen MR) is 74.1 cm³/mol. The quantitative estimate of drug-likeness (QED) is 0.834. The molecule has 0 radical (unpaired) electrons. The van der Waals surface area contributed by atoms with E-state index in [4.69, 9.17) is 0 Å². The van der Waals surface area contributed by atoms with E-state index in [0.29, 0.717) is 12.0 Å². The minimum Gasteiger partial charge on any atom is -0.314 e. The standard InChI is InChI=1S/C16H24FN/c1-2-11-18-16-10-6-4-8-14(16)12-13-7-3-5-9-15(13)17/h3,5,7,9,14,16,18H,2,4,6,8,10-12H2,1H3. The van der Waals surface area contributed by atoms with Crippen LogP contribution >= 0.6 is 0 Å². The summed E-state index contributed by atoms with van der Waals surface area (Å²) in [5, 5.41) is 3.64. The van der Waals surface area contributed by atoms with Crippen molar-refractivity contribution >= 4 is 0 Å². The summed E-state index contributed by atoms with van der Waals surface area (Å²) in [6.45, 7) is 3.28. The summed E-state index contributed by atoms with van der Waals surface area (Å²) in [7, 11) is 0. The summed E-state index contributed by atoms with van der Waals surface area (Å²) in [5.41, 5.74) is 0.882. The first kappa shape index (κ1) is 13.5. The van der Waals surface area contributed by atoms with E-state index in [1.54, 1.807) is 12.1 Å². The zero-order chi connectivity index (χ0) is 12.8. The van der Waals surface area contributed by atoms with Crippen molar-refractivity contribution in [2.45, 2.75) is 51.5 Å². The molecule has 0 aromatic heterocycles. The minimum atomic E-state index is -0.0442. The maximum atomic E-state index is 13.7. The van der Waals surface area contributed by atoms with Gasteiger partial charge in [-0.05, 0) is 49.8 Å². The van der Waals surface area contributed by atoms with Gasteiger partial charge in [-0.1, -0.05) is 38.0 Å². The lowest BCUT2D eigenvalue weighted by molar-refractivity contribution is 0.259. The van der Waals surface area contributed by atoms with E-state index in [9.17, 15) is 4.39 Å². The van der Waals surface area contributed by atoms with Crippen LogP contribution in [0.15, 0.2) is 24.3 Å². The van der Waals surface area contributed by atoms with Crippen LogP contribution in [0.1, 0.15) is 44.6 Å². The third kappa shape index (κ3) is 3.55. The molecule has 1 N–H and O–H groups in total. The summed E-state index contributed by atoms with van der Waals surface area (Å²) in [6, 6.07) is 7.80. The maximum Gasteiger partial charge on any atom is 0.126 e. The van der Waals surface area contributed by atoms with Crippen LogP contribution in [0.3, 0.4) is 0 Å². The molecule has 1 nitrogen and oxygen atoms in total.